The Bertz CT molecular complexity index is 464. The summed E-state index contributed by atoms with van der Waals surface area (Å²) in [6, 6.07) is 0.343. The molecule has 0 aliphatic carbocycles. The lowest BCUT2D eigenvalue weighted by Crippen LogP contribution is -2.29. The van der Waals surface area contributed by atoms with Crippen LogP contribution in [0.5, 0.6) is 0 Å². The molecule has 2 heterocycles. The first-order valence-electron chi connectivity index (χ1n) is 6.05. The summed E-state index contributed by atoms with van der Waals surface area (Å²) in [7, 11) is 1.95. The van der Waals surface area contributed by atoms with Crippen LogP contribution in [-0.4, -0.2) is 38.6 Å². The van der Waals surface area contributed by atoms with Gasteiger partial charge in [0.25, 0.3) is 0 Å². The lowest BCUT2D eigenvalue weighted by molar-refractivity contribution is 0.345. The van der Waals surface area contributed by atoms with E-state index >= 15 is 0 Å². The number of H-pyrrole nitrogens is 1. The highest BCUT2D eigenvalue weighted by Crippen LogP contribution is 2.13. The van der Waals surface area contributed by atoms with Gasteiger partial charge in [-0.3, -0.25) is 0 Å². The second kappa shape index (κ2) is 5.72. The van der Waals surface area contributed by atoms with Crippen LogP contribution in [0.4, 0.5) is 0 Å². The van der Waals surface area contributed by atoms with Gasteiger partial charge in [-0.15, -0.1) is 0 Å². The predicted molar refractivity (Wildman–Crippen MR) is 65.7 cm³/mol. The Morgan fingerprint density at radius 2 is 2.28 bits per heavy atom. The van der Waals surface area contributed by atoms with Gasteiger partial charge < -0.3 is 9.84 Å². The van der Waals surface area contributed by atoms with Crippen LogP contribution in [0.1, 0.15) is 26.2 Å². The van der Waals surface area contributed by atoms with Crippen molar-refractivity contribution in [2.75, 3.05) is 7.05 Å². The van der Waals surface area contributed by atoms with Crippen molar-refractivity contribution in [2.24, 2.45) is 5.92 Å². The van der Waals surface area contributed by atoms with Gasteiger partial charge in [-0.2, -0.15) is 20.4 Å². The fraction of sp³-hybridized carbons (Fsp3) is 0.636. The van der Waals surface area contributed by atoms with Crippen LogP contribution < -0.4 is 5.32 Å². The Morgan fingerprint density at radius 3 is 2.89 bits per heavy atom. The van der Waals surface area contributed by atoms with E-state index in [-0.39, 0.29) is 0 Å². The largest absolute Gasteiger partial charge is 0.339 e. The maximum atomic E-state index is 5.22. The second-order valence-electron chi connectivity index (χ2n) is 4.69. The Balaban J connectivity index is 2.01. The van der Waals surface area contributed by atoms with E-state index in [1.54, 1.807) is 6.20 Å². The van der Waals surface area contributed by atoms with E-state index in [4.69, 9.17) is 4.52 Å². The SMILES string of the molecule is CNC(Cc1nc(-c2cn[nH]n2)no1)CC(C)C. The third-order valence-electron chi connectivity index (χ3n) is 2.70. The number of hydrogen-bond donors (Lipinski definition) is 2. The molecule has 0 radical (unpaired) electrons. The lowest BCUT2D eigenvalue weighted by Gasteiger charge is -2.15. The van der Waals surface area contributed by atoms with Gasteiger partial charge in [0.15, 0.2) is 5.69 Å². The molecule has 0 aliphatic heterocycles. The van der Waals surface area contributed by atoms with E-state index < -0.39 is 0 Å². The normalized spacial score (nSPS) is 13.1. The van der Waals surface area contributed by atoms with E-state index in [2.05, 4.69) is 44.7 Å². The van der Waals surface area contributed by atoms with Crippen LogP contribution in [0.15, 0.2) is 10.7 Å². The Labute approximate surface area is 105 Å². The molecule has 2 rings (SSSR count). The van der Waals surface area contributed by atoms with Crippen molar-refractivity contribution in [1.82, 2.24) is 30.9 Å². The van der Waals surface area contributed by atoms with Crippen LogP contribution in [-0.2, 0) is 6.42 Å². The highest BCUT2D eigenvalue weighted by molar-refractivity contribution is 5.44. The standard InChI is InChI=1S/C11H18N6O/c1-7(2)4-8(12-3)5-10-14-11(16-18-10)9-6-13-17-15-9/h6-8,12H,4-5H2,1-3H3,(H,13,15,17). The molecular formula is C11H18N6O. The zero-order valence-electron chi connectivity index (χ0n) is 10.8. The molecule has 0 amide bonds. The number of aromatic amines is 1. The number of rotatable bonds is 6. The molecule has 0 saturated heterocycles. The minimum atomic E-state index is 0.343. The first-order chi connectivity index (χ1) is 8.69. The molecule has 2 aromatic rings. The average Bonchev–Trinajstić information content (AvgIpc) is 2.97. The molecule has 1 unspecified atom stereocenters. The van der Waals surface area contributed by atoms with Crippen molar-refractivity contribution in [1.29, 1.82) is 0 Å². The van der Waals surface area contributed by atoms with Crippen LogP contribution in [0.3, 0.4) is 0 Å². The van der Waals surface area contributed by atoms with Crippen molar-refractivity contribution >= 4 is 0 Å². The Hall–Kier alpha value is -1.76. The van der Waals surface area contributed by atoms with Crippen LogP contribution in [0.25, 0.3) is 11.5 Å². The van der Waals surface area contributed by atoms with Crippen molar-refractivity contribution in [3.05, 3.63) is 12.1 Å². The summed E-state index contributed by atoms with van der Waals surface area (Å²) in [5, 5.41) is 17.3. The predicted octanol–water partition coefficient (Wildman–Crippen LogP) is 1.03. The Kier molecular flexibility index (Phi) is 4.03. The zero-order valence-corrected chi connectivity index (χ0v) is 10.8. The quantitative estimate of drug-likeness (QED) is 0.795. The van der Waals surface area contributed by atoms with E-state index in [1.165, 1.54) is 0 Å². The van der Waals surface area contributed by atoms with E-state index in [1.807, 2.05) is 7.05 Å². The van der Waals surface area contributed by atoms with Gasteiger partial charge in [-0.25, -0.2) is 0 Å². The summed E-state index contributed by atoms with van der Waals surface area (Å²) in [4.78, 5) is 4.31. The molecule has 0 spiro atoms. The van der Waals surface area contributed by atoms with Gasteiger partial charge in [0.1, 0.15) is 0 Å². The fourth-order valence-corrected chi connectivity index (χ4v) is 1.83. The monoisotopic (exact) mass is 250 g/mol. The van der Waals surface area contributed by atoms with Gasteiger partial charge >= 0.3 is 0 Å². The maximum absolute atomic E-state index is 5.22. The number of hydrogen-bond acceptors (Lipinski definition) is 6. The number of likely N-dealkylation sites (N-methyl/N-ethyl adjacent to an activating group) is 1. The molecule has 0 saturated carbocycles. The van der Waals surface area contributed by atoms with Crippen LogP contribution in [0, 0.1) is 5.92 Å². The molecule has 7 nitrogen and oxygen atoms in total. The van der Waals surface area contributed by atoms with Gasteiger partial charge in [-0.1, -0.05) is 19.0 Å². The maximum Gasteiger partial charge on any atom is 0.228 e. The van der Waals surface area contributed by atoms with Crippen molar-refractivity contribution in [3.8, 4) is 11.5 Å². The second-order valence-corrected chi connectivity index (χ2v) is 4.69. The minimum Gasteiger partial charge on any atom is -0.339 e. The van der Waals surface area contributed by atoms with Gasteiger partial charge in [0.05, 0.1) is 6.20 Å². The molecular weight excluding hydrogens is 232 g/mol. The first kappa shape index (κ1) is 12.7. The van der Waals surface area contributed by atoms with Crippen LogP contribution in [0.2, 0.25) is 0 Å². The number of nitrogens with zero attached hydrogens (tertiary/aromatic N) is 4. The summed E-state index contributed by atoms with van der Waals surface area (Å²) in [5.41, 5.74) is 0.592. The summed E-state index contributed by atoms with van der Waals surface area (Å²) in [5.74, 6) is 1.71. The molecule has 2 N–H and O–H groups in total. The van der Waals surface area contributed by atoms with Crippen molar-refractivity contribution < 1.29 is 4.52 Å². The molecule has 18 heavy (non-hydrogen) atoms. The fourth-order valence-electron chi connectivity index (χ4n) is 1.83. The highest BCUT2D eigenvalue weighted by Gasteiger charge is 2.16. The third kappa shape index (κ3) is 3.13. The van der Waals surface area contributed by atoms with Gasteiger partial charge in [0, 0.05) is 12.5 Å². The Morgan fingerprint density at radius 1 is 1.44 bits per heavy atom. The first-order valence-corrected chi connectivity index (χ1v) is 6.05. The van der Waals surface area contributed by atoms with Crippen molar-refractivity contribution in [3.63, 3.8) is 0 Å². The average molecular weight is 250 g/mol. The molecule has 0 bridgehead atoms. The molecule has 0 aliphatic rings. The number of aromatic nitrogens is 5. The topological polar surface area (TPSA) is 92.5 Å². The summed E-state index contributed by atoms with van der Waals surface area (Å²) in [6.45, 7) is 4.39. The smallest absolute Gasteiger partial charge is 0.228 e. The molecule has 98 valence electrons. The molecule has 7 heteroatoms. The third-order valence-corrected chi connectivity index (χ3v) is 2.70. The van der Waals surface area contributed by atoms with Crippen LogP contribution >= 0.6 is 0 Å². The van der Waals surface area contributed by atoms with Gasteiger partial charge in [0.2, 0.25) is 11.7 Å². The molecule has 0 fully saturated rings. The van der Waals surface area contributed by atoms with E-state index in [0.29, 0.717) is 29.4 Å². The zero-order chi connectivity index (χ0) is 13.0. The lowest BCUT2D eigenvalue weighted by atomic mass is 10.0. The molecule has 2 aromatic heterocycles. The summed E-state index contributed by atoms with van der Waals surface area (Å²) >= 11 is 0. The molecule has 0 aromatic carbocycles. The summed E-state index contributed by atoms with van der Waals surface area (Å²) in [6.07, 6.45) is 3.36. The number of nitrogens with one attached hydrogen (secondary N) is 2. The van der Waals surface area contributed by atoms with E-state index in [0.717, 1.165) is 12.8 Å². The summed E-state index contributed by atoms with van der Waals surface area (Å²) < 4.78 is 5.22. The van der Waals surface area contributed by atoms with Crippen molar-refractivity contribution in [2.45, 2.75) is 32.7 Å². The van der Waals surface area contributed by atoms with E-state index in [9.17, 15) is 0 Å². The highest BCUT2D eigenvalue weighted by atomic mass is 16.5. The molecule has 1 atom stereocenters. The van der Waals surface area contributed by atoms with Gasteiger partial charge in [-0.05, 0) is 19.4 Å². The minimum absolute atomic E-state index is 0.343.